The van der Waals surface area contributed by atoms with Crippen molar-refractivity contribution in [3.63, 3.8) is 0 Å². The molecule has 7 nitrogen and oxygen atoms in total. The highest BCUT2D eigenvalue weighted by Gasteiger charge is 2.07. The Balaban J connectivity index is 2.27. The van der Waals surface area contributed by atoms with Crippen molar-refractivity contribution in [2.75, 3.05) is 19.0 Å². The topological polar surface area (TPSA) is 81.9 Å². The summed E-state index contributed by atoms with van der Waals surface area (Å²) in [5.41, 5.74) is 1.12. The lowest BCUT2D eigenvalue weighted by Gasteiger charge is -2.07. The first-order valence-corrected chi connectivity index (χ1v) is 8.90. The van der Waals surface area contributed by atoms with Gasteiger partial charge in [0.05, 0.1) is 23.3 Å². The van der Waals surface area contributed by atoms with Crippen molar-refractivity contribution in [2.45, 2.75) is 13.8 Å². The molecule has 1 aromatic carbocycles. The molecule has 0 spiro atoms. The number of ether oxygens (including phenoxy) is 1. The summed E-state index contributed by atoms with van der Waals surface area (Å²) in [6.45, 7) is 4.52. The Hall–Kier alpha value is -3.00. The van der Waals surface area contributed by atoms with Crippen LogP contribution in [0.3, 0.4) is 0 Å². The van der Waals surface area contributed by atoms with E-state index in [-0.39, 0.29) is 5.56 Å². The van der Waals surface area contributed by atoms with Gasteiger partial charge in [-0.15, -0.1) is 11.3 Å². The van der Waals surface area contributed by atoms with Gasteiger partial charge in [-0.2, -0.15) is 0 Å². The van der Waals surface area contributed by atoms with Crippen molar-refractivity contribution in [3.8, 4) is 11.4 Å². The minimum absolute atomic E-state index is 0.159. The van der Waals surface area contributed by atoms with Gasteiger partial charge in [0.25, 0.3) is 5.56 Å². The van der Waals surface area contributed by atoms with Crippen molar-refractivity contribution >= 4 is 27.4 Å². The fourth-order valence-corrected chi connectivity index (χ4v) is 3.16. The van der Waals surface area contributed by atoms with Crippen LogP contribution >= 0.6 is 11.3 Å². The van der Waals surface area contributed by atoms with Gasteiger partial charge in [0.2, 0.25) is 0 Å². The molecule has 3 rings (SSSR count). The molecule has 26 heavy (non-hydrogen) atoms. The Labute approximate surface area is 154 Å². The van der Waals surface area contributed by atoms with E-state index >= 15 is 0 Å². The highest BCUT2D eigenvalue weighted by Crippen LogP contribution is 2.17. The van der Waals surface area contributed by atoms with Gasteiger partial charge in [-0.05, 0) is 38.1 Å². The molecule has 0 aliphatic carbocycles. The molecule has 0 unspecified atom stereocenters. The number of aromatic nitrogens is 4. The molecular weight excluding hydrogens is 350 g/mol. The molecule has 134 valence electrons. The fraction of sp³-hybridized carbons (Fsp3) is 0.222. The number of fused-ring (bicyclic) bond motifs is 1. The quantitative estimate of drug-likeness (QED) is 0.761. The average molecular weight is 369 g/mol. The number of anilines is 1. The van der Waals surface area contributed by atoms with Crippen molar-refractivity contribution < 1.29 is 4.74 Å². The normalized spacial score (nSPS) is 10.4. The molecule has 0 radical (unpaired) electrons. The summed E-state index contributed by atoms with van der Waals surface area (Å²) < 4.78 is 7.18. The van der Waals surface area contributed by atoms with Crippen LogP contribution in [-0.2, 0) is 0 Å². The summed E-state index contributed by atoms with van der Waals surface area (Å²) in [4.78, 5) is 26.1. The van der Waals surface area contributed by atoms with Gasteiger partial charge < -0.3 is 10.1 Å². The molecule has 0 aliphatic heterocycles. The number of aryl methyl sites for hydroxylation is 1. The van der Waals surface area contributed by atoms with E-state index in [1.165, 1.54) is 28.6 Å². The maximum atomic E-state index is 13.1. The van der Waals surface area contributed by atoms with Gasteiger partial charge in [0.1, 0.15) is 28.9 Å². The van der Waals surface area contributed by atoms with Crippen LogP contribution in [0.2, 0.25) is 0 Å². The first-order valence-electron chi connectivity index (χ1n) is 8.08. The van der Waals surface area contributed by atoms with Gasteiger partial charge in [0, 0.05) is 12.6 Å². The van der Waals surface area contributed by atoms with E-state index in [0.29, 0.717) is 33.3 Å². The molecule has 0 bridgehead atoms. The number of methoxy groups -OCH3 is 1. The second kappa shape index (κ2) is 7.92. The Bertz CT molecular complexity index is 1030. The maximum Gasteiger partial charge on any atom is 0.275 e. The van der Waals surface area contributed by atoms with Crippen LogP contribution < -0.4 is 15.6 Å². The number of nitrogens with zero attached hydrogens (tertiary/aromatic N) is 4. The smallest absolute Gasteiger partial charge is 0.275 e. The lowest BCUT2D eigenvalue weighted by atomic mass is 10.3. The zero-order valence-corrected chi connectivity index (χ0v) is 15.6. The van der Waals surface area contributed by atoms with Crippen LogP contribution in [0.25, 0.3) is 15.9 Å². The molecule has 0 aliphatic rings. The molecular formula is C18H19N5O2S. The van der Waals surface area contributed by atoms with Gasteiger partial charge >= 0.3 is 0 Å². The highest BCUT2D eigenvalue weighted by molar-refractivity contribution is 7.17. The molecule has 3 aromatic rings. The second-order valence-electron chi connectivity index (χ2n) is 5.39. The lowest BCUT2D eigenvalue weighted by molar-refractivity contribution is 0.414. The molecule has 0 saturated carbocycles. The molecule has 1 N–H and O–H groups in total. The zero-order chi connectivity index (χ0) is 18.5. The molecule has 2 heterocycles. The van der Waals surface area contributed by atoms with E-state index < -0.39 is 0 Å². The minimum Gasteiger partial charge on any atom is -0.497 e. The molecule has 0 amide bonds. The molecule has 0 fully saturated rings. The van der Waals surface area contributed by atoms with Gasteiger partial charge in [-0.3, -0.25) is 9.36 Å². The largest absolute Gasteiger partial charge is 0.497 e. The molecule has 8 heteroatoms. The summed E-state index contributed by atoms with van der Waals surface area (Å²) in [7, 11) is 1.60. The van der Waals surface area contributed by atoms with E-state index in [9.17, 15) is 4.79 Å². The number of hydrogen-bond donors (Lipinski definition) is 1. The fourth-order valence-electron chi connectivity index (χ4n) is 2.37. The van der Waals surface area contributed by atoms with Gasteiger partial charge in [-0.1, -0.05) is 0 Å². The first kappa shape index (κ1) is 17.8. The average Bonchev–Trinajstić information content (AvgIpc) is 2.72. The van der Waals surface area contributed by atoms with Crippen LogP contribution in [-0.4, -0.2) is 33.2 Å². The lowest BCUT2D eigenvalue weighted by Crippen LogP contribution is -2.18. The van der Waals surface area contributed by atoms with Crippen molar-refractivity contribution in [2.24, 2.45) is 0 Å². The summed E-state index contributed by atoms with van der Waals surface area (Å²) in [6.07, 6.45) is 3.00. The summed E-state index contributed by atoms with van der Waals surface area (Å²) in [5.74, 6) is 1.34. The van der Waals surface area contributed by atoms with Crippen molar-refractivity contribution in [1.82, 2.24) is 19.5 Å². The second-order valence-corrected chi connectivity index (χ2v) is 6.59. The predicted octanol–water partition coefficient (Wildman–Crippen LogP) is 3.11. The third-order valence-corrected chi connectivity index (χ3v) is 4.61. The van der Waals surface area contributed by atoms with Crippen molar-refractivity contribution in [1.29, 1.82) is 0 Å². The monoisotopic (exact) mass is 369 g/mol. The summed E-state index contributed by atoms with van der Waals surface area (Å²) in [5, 5.41) is 3.85. The predicted molar refractivity (Wildman–Crippen MR) is 104 cm³/mol. The number of hydrogen-bond acceptors (Lipinski definition) is 7. The third kappa shape index (κ3) is 3.80. The Morgan fingerprint density at radius 2 is 1.96 bits per heavy atom. The van der Waals surface area contributed by atoms with Gasteiger partial charge in [0.15, 0.2) is 0 Å². The van der Waals surface area contributed by atoms with E-state index in [4.69, 9.17) is 4.74 Å². The highest BCUT2D eigenvalue weighted by atomic mass is 32.1. The van der Waals surface area contributed by atoms with E-state index in [0.717, 1.165) is 5.75 Å². The van der Waals surface area contributed by atoms with E-state index in [1.807, 2.05) is 26.0 Å². The number of benzene rings is 1. The van der Waals surface area contributed by atoms with Crippen LogP contribution in [0.5, 0.6) is 5.75 Å². The number of nitrogens with one attached hydrogen (secondary N) is 1. The standard InChI is InChI=1S/C18H19N5O2S/c1-4-19-16-9-15-17(26-12(2)20-10-21-16)18(24)23(11-22-15)13-5-7-14(25-3)8-6-13/h5-11,19H,4H2,1-3H3. The minimum atomic E-state index is -0.159. The zero-order valence-electron chi connectivity index (χ0n) is 14.8. The first-order chi connectivity index (χ1) is 12.6. The van der Waals surface area contributed by atoms with Crippen LogP contribution in [0.15, 0.2) is 47.8 Å². The Morgan fingerprint density at radius 3 is 2.65 bits per heavy atom. The summed E-state index contributed by atoms with van der Waals surface area (Å²) in [6, 6.07) is 9.01. The van der Waals surface area contributed by atoms with Crippen LogP contribution in [0.4, 0.5) is 5.82 Å². The third-order valence-electron chi connectivity index (χ3n) is 3.63. The molecule has 0 saturated heterocycles. The van der Waals surface area contributed by atoms with E-state index in [2.05, 4.69) is 20.3 Å². The number of rotatable bonds is 4. The summed E-state index contributed by atoms with van der Waals surface area (Å²) >= 11 is 1.29. The Kier molecular flexibility index (Phi) is 5.43. The SMILES string of the molecule is CCNc1cc2ncn(-c3ccc(OC)cc3)c(=O)c2sc(C)ncn1. The van der Waals surface area contributed by atoms with Crippen LogP contribution in [0.1, 0.15) is 11.9 Å². The van der Waals surface area contributed by atoms with Crippen molar-refractivity contribution in [3.05, 3.63) is 58.3 Å². The Morgan fingerprint density at radius 1 is 1.19 bits per heavy atom. The van der Waals surface area contributed by atoms with Gasteiger partial charge in [-0.25, -0.2) is 15.0 Å². The maximum absolute atomic E-state index is 13.1. The molecule has 2 aromatic heterocycles. The van der Waals surface area contributed by atoms with Crippen LogP contribution in [0, 0.1) is 6.92 Å². The molecule has 0 atom stereocenters. The van der Waals surface area contributed by atoms with E-state index in [1.54, 1.807) is 25.3 Å².